The Morgan fingerprint density at radius 3 is 3.06 bits per heavy atom. The number of nitrogens with zero attached hydrogens (tertiary/aromatic N) is 4. The zero-order chi connectivity index (χ0) is 12.7. The largest absolute Gasteiger partial charge is 0.352 e. The number of fused-ring (bicyclic) bond motifs is 1. The lowest BCUT2D eigenvalue weighted by Gasteiger charge is -2.20. The highest BCUT2D eigenvalue weighted by atomic mass is 16.1. The van der Waals surface area contributed by atoms with Gasteiger partial charge in [-0.15, -0.1) is 0 Å². The van der Waals surface area contributed by atoms with E-state index < -0.39 is 0 Å². The van der Waals surface area contributed by atoms with E-state index >= 15 is 0 Å². The van der Waals surface area contributed by atoms with E-state index in [-0.39, 0.29) is 5.56 Å². The molecule has 0 amide bonds. The van der Waals surface area contributed by atoms with Crippen LogP contribution in [0.15, 0.2) is 11.1 Å². The molecule has 1 saturated heterocycles. The zero-order valence-corrected chi connectivity index (χ0v) is 10.7. The van der Waals surface area contributed by atoms with Crippen LogP contribution in [0.1, 0.15) is 26.7 Å². The van der Waals surface area contributed by atoms with Crippen molar-refractivity contribution in [3.05, 3.63) is 16.7 Å². The highest BCUT2D eigenvalue weighted by Gasteiger charge is 2.26. The first-order valence-electron chi connectivity index (χ1n) is 6.43. The number of hydrogen-bond acceptors (Lipinski definition) is 4. The first kappa shape index (κ1) is 11.3. The van der Waals surface area contributed by atoms with Gasteiger partial charge in [-0.1, -0.05) is 0 Å². The molecule has 1 fully saturated rings. The van der Waals surface area contributed by atoms with E-state index in [0.29, 0.717) is 17.1 Å². The molecule has 0 radical (unpaired) electrons. The van der Waals surface area contributed by atoms with Crippen molar-refractivity contribution >= 4 is 16.9 Å². The third-order valence-electron chi connectivity index (χ3n) is 3.64. The Morgan fingerprint density at radius 2 is 2.39 bits per heavy atom. The Labute approximate surface area is 105 Å². The Balaban J connectivity index is 2.26. The number of aromatic amines is 1. The minimum Gasteiger partial charge on any atom is -0.352 e. The summed E-state index contributed by atoms with van der Waals surface area (Å²) in [4.78, 5) is 21.1. The van der Waals surface area contributed by atoms with E-state index in [1.54, 1.807) is 4.68 Å². The van der Waals surface area contributed by atoms with Crippen LogP contribution in [0.5, 0.6) is 0 Å². The van der Waals surface area contributed by atoms with Gasteiger partial charge in [0, 0.05) is 19.1 Å². The number of anilines is 1. The van der Waals surface area contributed by atoms with Crippen LogP contribution in [0.3, 0.4) is 0 Å². The number of hydrogen-bond donors (Lipinski definition) is 1. The maximum absolute atomic E-state index is 12.0. The van der Waals surface area contributed by atoms with Crippen molar-refractivity contribution in [2.75, 3.05) is 11.4 Å². The van der Waals surface area contributed by atoms with Gasteiger partial charge in [0.25, 0.3) is 5.56 Å². The van der Waals surface area contributed by atoms with Crippen molar-refractivity contribution in [2.45, 2.75) is 39.3 Å². The summed E-state index contributed by atoms with van der Waals surface area (Å²) in [5.41, 5.74) is 0.573. The fourth-order valence-electron chi connectivity index (χ4n) is 2.67. The van der Waals surface area contributed by atoms with Gasteiger partial charge in [-0.2, -0.15) is 5.10 Å². The molecule has 0 spiro atoms. The number of aryl methyl sites for hydroxylation is 1. The van der Waals surface area contributed by atoms with Gasteiger partial charge in [-0.3, -0.25) is 4.79 Å². The van der Waals surface area contributed by atoms with Crippen molar-refractivity contribution in [2.24, 2.45) is 0 Å². The molecule has 96 valence electrons. The zero-order valence-electron chi connectivity index (χ0n) is 10.7. The SMILES string of the molecule is CCn1nc(N2CCCC2C)c2c(=O)[nH]cnc21. The molecule has 3 rings (SSSR count). The van der Waals surface area contributed by atoms with Gasteiger partial charge in [-0.25, -0.2) is 9.67 Å². The van der Waals surface area contributed by atoms with E-state index in [1.807, 2.05) is 6.92 Å². The second-order valence-corrected chi connectivity index (χ2v) is 4.75. The van der Waals surface area contributed by atoms with E-state index in [1.165, 1.54) is 6.33 Å². The number of nitrogens with one attached hydrogen (secondary N) is 1. The summed E-state index contributed by atoms with van der Waals surface area (Å²) in [5, 5.41) is 5.18. The summed E-state index contributed by atoms with van der Waals surface area (Å²) < 4.78 is 1.80. The highest BCUT2D eigenvalue weighted by Crippen LogP contribution is 2.28. The van der Waals surface area contributed by atoms with Gasteiger partial charge in [0.15, 0.2) is 11.5 Å². The molecule has 1 atom stereocenters. The van der Waals surface area contributed by atoms with E-state index in [0.717, 1.165) is 31.7 Å². The Hall–Kier alpha value is -1.85. The van der Waals surface area contributed by atoms with Gasteiger partial charge in [0.2, 0.25) is 0 Å². The second-order valence-electron chi connectivity index (χ2n) is 4.75. The van der Waals surface area contributed by atoms with Gasteiger partial charge in [0.1, 0.15) is 5.39 Å². The monoisotopic (exact) mass is 247 g/mol. The first-order valence-corrected chi connectivity index (χ1v) is 6.43. The maximum Gasteiger partial charge on any atom is 0.264 e. The number of aromatic nitrogens is 4. The predicted octanol–water partition coefficient (Wildman–Crippen LogP) is 1.13. The summed E-state index contributed by atoms with van der Waals surface area (Å²) in [7, 11) is 0. The van der Waals surface area contributed by atoms with Gasteiger partial charge >= 0.3 is 0 Å². The summed E-state index contributed by atoms with van der Waals surface area (Å²) in [6.07, 6.45) is 3.74. The second kappa shape index (κ2) is 4.12. The van der Waals surface area contributed by atoms with Crippen molar-refractivity contribution in [3.63, 3.8) is 0 Å². The Kier molecular flexibility index (Phi) is 2.57. The quantitative estimate of drug-likeness (QED) is 0.863. The first-order chi connectivity index (χ1) is 8.72. The molecule has 2 aromatic rings. The molecular formula is C12H17N5O. The average Bonchev–Trinajstić information content (AvgIpc) is 2.93. The fourth-order valence-corrected chi connectivity index (χ4v) is 2.67. The minimum absolute atomic E-state index is 0.103. The van der Waals surface area contributed by atoms with Crippen LogP contribution in [-0.4, -0.2) is 32.3 Å². The molecule has 0 bridgehead atoms. The molecule has 1 unspecified atom stereocenters. The van der Waals surface area contributed by atoms with Crippen LogP contribution < -0.4 is 10.5 Å². The lowest BCUT2D eigenvalue weighted by molar-refractivity contribution is 0.658. The van der Waals surface area contributed by atoms with E-state index in [9.17, 15) is 4.79 Å². The van der Waals surface area contributed by atoms with Gasteiger partial charge < -0.3 is 9.88 Å². The average molecular weight is 247 g/mol. The summed E-state index contributed by atoms with van der Waals surface area (Å²) in [5.74, 6) is 0.784. The van der Waals surface area contributed by atoms with Crippen molar-refractivity contribution < 1.29 is 0 Å². The fraction of sp³-hybridized carbons (Fsp3) is 0.583. The molecule has 0 aliphatic carbocycles. The number of H-pyrrole nitrogens is 1. The summed E-state index contributed by atoms with van der Waals surface area (Å²) in [6, 6.07) is 0.438. The molecule has 3 heterocycles. The van der Waals surface area contributed by atoms with Crippen molar-refractivity contribution in [1.82, 2.24) is 19.7 Å². The number of rotatable bonds is 2. The Morgan fingerprint density at radius 1 is 1.56 bits per heavy atom. The van der Waals surface area contributed by atoms with Crippen molar-refractivity contribution in [1.29, 1.82) is 0 Å². The topological polar surface area (TPSA) is 66.8 Å². The normalized spacial score (nSPS) is 19.9. The molecule has 1 aliphatic heterocycles. The van der Waals surface area contributed by atoms with Crippen LogP contribution in [0.25, 0.3) is 11.0 Å². The van der Waals surface area contributed by atoms with E-state index in [2.05, 4.69) is 26.9 Å². The lowest BCUT2D eigenvalue weighted by Crippen LogP contribution is -2.27. The predicted molar refractivity (Wildman–Crippen MR) is 69.9 cm³/mol. The van der Waals surface area contributed by atoms with Gasteiger partial charge in [-0.05, 0) is 26.7 Å². The van der Waals surface area contributed by atoms with Crippen LogP contribution >= 0.6 is 0 Å². The molecule has 6 nitrogen and oxygen atoms in total. The van der Waals surface area contributed by atoms with Crippen LogP contribution in [0.4, 0.5) is 5.82 Å². The molecule has 6 heteroatoms. The molecular weight excluding hydrogens is 230 g/mol. The maximum atomic E-state index is 12.0. The highest BCUT2D eigenvalue weighted by molar-refractivity contribution is 5.87. The van der Waals surface area contributed by atoms with Crippen LogP contribution in [0.2, 0.25) is 0 Å². The molecule has 1 N–H and O–H groups in total. The standard InChI is InChI=1S/C12H17N5O/c1-3-17-10-9(12(18)14-7-13-10)11(15-17)16-6-4-5-8(16)2/h7-8H,3-6H2,1-2H3,(H,13,14,18). The molecule has 2 aromatic heterocycles. The smallest absolute Gasteiger partial charge is 0.264 e. The summed E-state index contributed by atoms with van der Waals surface area (Å²) in [6.45, 7) is 5.86. The van der Waals surface area contributed by atoms with Crippen LogP contribution in [0, 0.1) is 0 Å². The third kappa shape index (κ3) is 1.52. The molecule has 0 saturated carbocycles. The minimum atomic E-state index is -0.103. The molecule has 1 aliphatic rings. The van der Waals surface area contributed by atoms with Crippen LogP contribution in [-0.2, 0) is 6.54 Å². The van der Waals surface area contributed by atoms with E-state index in [4.69, 9.17) is 0 Å². The molecule has 18 heavy (non-hydrogen) atoms. The third-order valence-corrected chi connectivity index (χ3v) is 3.64. The summed E-state index contributed by atoms with van der Waals surface area (Å²) >= 11 is 0. The van der Waals surface area contributed by atoms with Gasteiger partial charge in [0.05, 0.1) is 6.33 Å². The Bertz CT molecular complexity index is 629. The lowest BCUT2D eigenvalue weighted by atomic mass is 10.2. The van der Waals surface area contributed by atoms with Crippen molar-refractivity contribution in [3.8, 4) is 0 Å². The molecule has 0 aromatic carbocycles.